The second kappa shape index (κ2) is 4.05. The standard InChI is InChI=1S/C10H13N3O3/c1-6-3-7(16-12-6)5-11-8-4-9(14)13(2)10(8)15/h3,8,11H,4-5H2,1-2H3. The predicted octanol–water partition coefficient (Wildman–Crippen LogP) is -0.170. The molecule has 16 heavy (non-hydrogen) atoms. The molecule has 0 bridgehead atoms. The summed E-state index contributed by atoms with van der Waals surface area (Å²) in [5, 5.41) is 6.71. The van der Waals surface area contributed by atoms with E-state index in [1.54, 1.807) is 6.07 Å². The van der Waals surface area contributed by atoms with Crippen molar-refractivity contribution in [2.75, 3.05) is 7.05 Å². The van der Waals surface area contributed by atoms with Crippen molar-refractivity contribution < 1.29 is 14.1 Å². The van der Waals surface area contributed by atoms with E-state index in [-0.39, 0.29) is 18.2 Å². The Morgan fingerprint density at radius 1 is 1.62 bits per heavy atom. The number of nitrogens with one attached hydrogen (secondary N) is 1. The van der Waals surface area contributed by atoms with Crippen LogP contribution in [0.2, 0.25) is 0 Å². The summed E-state index contributed by atoms with van der Waals surface area (Å²) in [4.78, 5) is 23.9. The molecule has 0 saturated carbocycles. The number of aryl methyl sites for hydroxylation is 1. The maximum atomic E-state index is 11.5. The third-order valence-electron chi connectivity index (χ3n) is 2.58. The van der Waals surface area contributed by atoms with Gasteiger partial charge in [0.25, 0.3) is 0 Å². The smallest absolute Gasteiger partial charge is 0.246 e. The number of nitrogens with zero attached hydrogens (tertiary/aromatic N) is 2. The molecule has 1 fully saturated rings. The lowest BCUT2D eigenvalue weighted by Gasteiger charge is -2.08. The fourth-order valence-electron chi connectivity index (χ4n) is 1.64. The summed E-state index contributed by atoms with van der Waals surface area (Å²) >= 11 is 0. The number of aromatic nitrogens is 1. The number of imide groups is 1. The van der Waals surface area contributed by atoms with E-state index >= 15 is 0 Å². The number of hydrogen-bond acceptors (Lipinski definition) is 5. The average molecular weight is 223 g/mol. The molecule has 2 rings (SSSR count). The van der Waals surface area contributed by atoms with Crippen molar-refractivity contribution in [1.29, 1.82) is 0 Å². The highest BCUT2D eigenvalue weighted by molar-refractivity contribution is 6.05. The zero-order chi connectivity index (χ0) is 11.7. The van der Waals surface area contributed by atoms with Gasteiger partial charge in [0.2, 0.25) is 11.8 Å². The summed E-state index contributed by atoms with van der Waals surface area (Å²) in [5.41, 5.74) is 0.794. The van der Waals surface area contributed by atoms with Crippen molar-refractivity contribution in [2.24, 2.45) is 0 Å². The summed E-state index contributed by atoms with van der Waals surface area (Å²) in [5.74, 6) is 0.310. The van der Waals surface area contributed by atoms with E-state index in [1.165, 1.54) is 7.05 Å². The topological polar surface area (TPSA) is 75.4 Å². The highest BCUT2D eigenvalue weighted by atomic mass is 16.5. The van der Waals surface area contributed by atoms with Crippen LogP contribution in [0, 0.1) is 6.92 Å². The monoisotopic (exact) mass is 223 g/mol. The molecule has 1 unspecified atom stereocenters. The van der Waals surface area contributed by atoms with E-state index in [0.29, 0.717) is 12.3 Å². The minimum atomic E-state index is -0.442. The van der Waals surface area contributed by atoms with Gasteiger partial charge in [-0.3, -0.25) is 19.8 Å². The molecule has 1 saturated heterocycles. The van der Waals surface area contributed by atoms with Crippen molar-refractivity contribution in [2.45, 2.75) is 25.9 Å². The van der Waals surface area contributed by atoms with E-state index < -0.39 is 6.04 Å². The van der Waals surface area contributed by atoms with E-state index in [4.69, 9.17) is 4.52 Å². The van der Waals surface area contributed by atoms with Crippen LogP contribution in [0.25, 0.3) is 0 Å². The van der Waals surface area contributed by atoms with Crippen LogP contribution in [-0.2, 0) is 16.1 Å². The molecule has 1 atom stereocenters. The molecular weight excluding hydrogens is 210 g/mol. The Morgan fingerprint density at radius 2 is 2.38 bits per heavy atom. The zero-order valence-corrected chi connectivity index (χ0v) is 9.19. The fourth-order valence-corrected chi connectivity index (χ4v) is 1.64. The minimum absolute atomic E-state index is 0.156. The summed E-state index contributed by atoms with van der Waals surface area (Å²) in [6.07, 6.45) is 0.211. The Bertz CT molecular complexity index is 427. The van der Waals surface area contributed by atoms with Crippen LogP contribution in [0.3, 0.4) is 0 Å². The Kier molecular flexibility index (Phi) is 2.74. The van der Waals surface area contributed by atoms with Gasteiger partial charge in [-0.25, -0.2) is 0 Å². The van der Waals surface area contributed by atoms with Crippen molar-refractivity contribution >= 4 is 11.8 Å². The van der Waals surface area contributed by atoms with Gasteiger partial charge in [-0.05, 0) is 6.92 Å². The predicted molar refractivity (Wildman–Crippen MR) is 54.3 cm³/mol. The molecule has 6 nitrogen and oxygen atoms in total. The molecule has 2 amide bonds. The molecule has 0 aliphatic carbocycles. The largest absolute Gasteiger partial charge is 0.360 e. The first-order chi connectivity index (χ1) is 7.58. The van der Waals surface area contributed by atoms with Gasteiger partial charge in [-0.15, -0.1) is 0 Å². The number of carbonyl (C=O) groups excluding carboxylic acids is 2. The Hall–Kier alpha value is -1.69. The Morgan fingerprint density at radius 3 is 2.88 bits per heavy atom. The first-order valence-corrected chi connectivity index (χ1v) is 5.04. The summed E-state index contributed by atoms with van der Waals surface area (Å²) in [6, 6.07) is 1.35. The van der Waals surface area contributed by atoms with Crippen LogP contribution in [-0.4, -0.2) is 35.0 Å². The molecule has 0 aromatic carbocycles. The normalized spacial score (nSPS) is 20.9. The van der Waals surface area contributed by atoms with E-state index in [1.807, 2.05) is 6.92 Å². The molecule has 1 N–H and O–H groups in total. The average Bonchev–Trinajstić information content (AvgIpc) is 2.76. The highest BCUT2D eigenvalue weighted by Crippen LogP contribution is 2.11. The number of rotatable bonds is 3. The summed E-state index contributed by atoms with van der Waals surface area (Å²) < 4.78 is 4.99. The quantitative estimate of drug-likeness (QED) is 0.720. The van der Waals surface area contributed by atoms with E-state index in [9.17, 15) is 9.59 Å². The van der Waals surface area contributed by atoms with Crippen molar-refractivity contribution in [3.8, 4) is 0 Å². The summed E-state index contributed by atoms with van der Waals surface area (Å²) in [6.45, 7) is 2.23. The van der Waals surface area contributed by atoms with Gasteiger partial charge in [0, 0.05) is 13.1 Å². The second-order valence-corrected chi connectivity index (χ2v) is 3.86. The molecule has 0 spiro atoms. The molecule has 0 radical (unpaired) electrons. The summed E-state index contributed by atoms with van der Waals surface area (Å²) in [7, 11) is 1.49. The number of hydrogen-bond donors (Lipinski definition) is 1. The van der Waals surface area contributed by atoms with Gasteiger partial charge in [-0.1, -0.05) is 5.16 Å². The highest BCUT2D eigenvalue weighted by Gasteiger charge is 2.35. The van der Waals surface area contributed by atoms with Crippen molar-refractivity contribution in [1.82, 2.24) is 15.4 Å². The molecule has 1 aromatic heterocycles. The zero-order valence-electron chi connectivity index (χ0n) is 9.19. The lowest BCUT2D eigenvalue weighted by molar-refractivity contribution is -0.137. The molecule has 6 heteroatoms. The third-order valence-corrected chi connectivity index (χ3v) is 2.58. The number of likely N-dealkylation sites (N-methyl/N-ethyl adjacent to an activating group) is 1. The maximum Gasteiger partial charge on any atom is 0.246 e. The number of amides is 2. The molecule has 1 aromatic rings. The van der Waals surface area contributed by atoms with Gasteiger partial charge in [0.05, 0.1) is 24.7 Å². The molecule has 2 heterocycles. The van der Waals surface area contributed by atoms with Crippen LogP contribution in [0.4, 0.5) is 0 Å². The Balaban J connectivity index is 1.92. The fraction of sp³-hybridized carbons (Fsp3) is 0.500. The lowest BCUT2D eigenvalue weighted by atomic mass is 10.2. The number of carbonyl (C=O) groups is 2. The van der Waals surface area contributed by atoms with Crippen molar-refractivity contribution in [3.63, 3.8) is 0 Å². The second-order valence-electron chi connectivity index (χ2n) is 3.86. The van der Waals surface area contributed by atoms with Gasteiger partial charge in [-0.2, -0.15) is 0 Å². The molecular formula is C10H13N3O3. The van der Waals surface area contributed by atoms with Crippen LogP contribution < -0.4 is 5.32 Å². The van der Waals surface area contributed by atoms with Gasteiger partial charge < -0.3 is 4.52 Å². The molecule has 1 aliphatic heterocycles. The van der Waals surface area contributed by atoms with Crippen LogP contribution >= 0.6 is 0 Å². The molecule has 86 valence electrons. The van der Waals surface area contributed by atoms with E-state index in [2.05, 4.69) is 10.5 Å². The maximum absolute atomic E-state index is 11.5. The Labute approximate surface area is 92.6 Å². The SMILES string of the molecule is Cc1cc(CNC2CC(=O)N(C)C2=O)on1. The van der Waals surface area contributed by atoms with E-state index in [0.717, 1.165) is 10.6 Å². The lowest BCUT2D eigenvalue weighted by Crippen LogP contribution is -2.36. The first kappa shape index (κ1) is 10.8. The molecule has 1 aliphatic rings. The van der Waals surface area contributed by atoms with Crippen LogP contribution in [0.15, 0.2) is 10.6 Å². The van der Waals surface area contributed by atoms with Gasteiger partial charge >= 0.3 is 0 Å². The van der Waals surface area contributed by atoms with Gasteiger partial charge in [0.15, 0.2) is 5.76 Å². The number of likely N-dealkylation sites (tertiary alicyclic amines) is 1. The van der Waals surface area contributed by atoms with Crippen molar-refractivity contribution in [3.05, 3.63) is 17.5 Å². The van der Waals surface area contributed by atoms with Gasteiger partial charge in [0.1, 0.15) is 0 Å². The minimum Gasteiger partial charge on any atom is -0.360 e. The van der Waals surface area contributed by atoms with Crippen LogP contribution in [0.1, 0.15) is 17.9 Å². The first-order valence-electron chi connectivity index (χ1n) is 5.04. The van der Waals surface area contributed by atoms with Crippen LogP contribution in [0.5, 0.6) is 0 Å². The third kappa shape index (κ3) is 1.96.